The molecule has 0 atom stereocenters. The Balaban J connectivity index is 3.41. The zero-order chi connectivity index (χ0) is 9.23. The zero-order valence-electron chi connectivity index (χ0n) is 8.01. The van der Waals surface area contributed by atoms with E-state index in [4.69, 9.17) is 0 Å². The highest BCUT2D eigenvalue weighted by Gasteiger charge is 1.82. The molecule has 1 nitrogen and oxygen atoms in total. The Labute approximate surface area is 81.3 Å². The first-order valence-electron chi connectivity index (χ1n) is 4.51. The first kappa shape index (κ1) is 11.8. The Morgan fingerprint density at radius 3 is 2.83 bits per heavy atom. The SMILES string of the molecule is CC/C=C(S)\C=C/CCCNC. The number of hydrogen-bond donors (Lipinski definition) is 2. The fourth-order valence-corrected chi connectivity index (χ4v) is 1.17. The van der Waals surface area contributed by atoms with E-state index in [0.717, 1.165) is 24.3 Å². The van der Waals surface area contributed by atoms with Crippen molar-refractivity contribution in [1.82, 2.24) is 5.32 Å². The van der Waals surface area contributed by atoms with E-state index in [1.807, 2.05) is 7.05 Å². The minimum Gasteiger partial charge on any atom is -0.320 e. The summed E-state index contributed by atoms with van der Waals surface area (Å²) < 4.78 is 0. The molecule has 0 saturated carbocycles. The van der Waals surface area contributed by atoms with E-state index in [-0.39, 0.29) is 0 Å². The molecule has 0 amide bonds. The number of unbranched alkanes of at least 4 members (excludes halogenated alkanes) is 1. The molecule has 0 saturated heterocycles. The van der Waals surface area contributed by atoms with Gasteiger partial charge in [-0.15, -0.1) is 12.6 Å². The molecular formula is C10H19NS. The fourth-order valence-electron chi connectivity index (χ4n) is 0.878. The summed E-state index contributed by atoms with van der Waals surface area (Å²) in [5.74, 6) is 0. The van der Waals surface area contributed by atoms with Gasteiger partial charge in [-0.25, -0.2) is 0 Å². The molecule has 0 aromatic carbocycles. The van der Waals surface area contributed by atoms with Crippen LogP contribution >= 0.6 is 12.6 Å². The Kier molecular flexibility index (Phi) is 8.73. The Morgan fingerprint density at radius 1 is 1.50 bits per heavy atom. The van der Waals surface area contributed by atoms with Gasteiger partial charge in [-0.3, -0.25) is 0 Å². The maximum Gasteiger partial charge on any atom is -0.000327 e. The molecule has 2 heteroatoms. The van der Waals surface area contributed by atoms with Crippen LogP contribution in [0.5, 0.6) is 0 Å². The lowest BCUT2D eigenvalue weighted by Crippen LogP contribution is -2.06. The maximum atomic E-state index is 4.29. The van der Waals surface area contributed by atoms with Gasteiger partial charge in [0, 0.05) is 0 Å². The highest BCUT2D eigenvalue weighted by molar-refractivity contribution is 7.84. The molecule has 0 aliphatic carbocycles. The van der Waals surface area contributed by atoms with Gasteiger partial charge >= 0.3 is 0 Å². The first-order valence-corrected chi connectivity index (χ1v) is 4.96. The van der Waals surface area contributed by atoms with Crippen molar-refractivity contribution in [2.75, 3.05) is 13.6 Å². The monoisotopic (exact) mass is 185 g/mol. The van der Waals surface area contributed by atoms with Crippen LogP contribution in [-0.4, -0.2) is 13.6 Å². The minimum atomic E-state index is 1.06. The maximum absolute atomic E-state index is 4.29. The van der Waals surface area contributed by atoms with Crippen LogP contribution in [0.2, 0.25) is 0 Å². The highest BCUT2D eigenvalue weighted by atomic mass is 32.1. The molecule has 0 radical (unpaired) electrons. The Hall–Kier alpha value is -0.210. The quantitative estimate of drug-likeness (QED) is 0.368. The van der Waals surface area contributed by atoms with Crippen LogP contribution in [0.4, 0.5) is 0 Å². The van der Waals surface area contributed by atoms with E-state index in [1.54, 1.807) is 0 Å². The van der Waals surface area contributed by atoms with Gasteiger partial charge in [-0.2, -0.15) is 0 Å². The summed E-state index contributed by atoms with van der Waals surface area (Å²) in [6, 6.07) is 0. The first-order chi connectivity index (χ1) is 5.81. The Bertz CT molecular complexity index is 150. The van der Waals surface area contributed by atoms with Gasteiger partial charge < -0.3 is 5.32 Å². The van der Waals surface area contributed by atoms with E-state index in [2.05, 4.69) is 43.1 Å². The van der Waals surface area contributed by atoms with E-state index in [1.165, 1.54) is 6.42 Å². The smallest absolute Gasteiger partial charge is 0.000327 e. The topological polar surface area (TPSA) is 12.0 Å². The molecule has 1 N–H and O–H groups in total. The zero-order valence-corrected chi connectivity index (χ0v) is 8.90. The lowest BCUT2D eigenvalue weighted by Gasteiger charge is -1.93. The average Bonchev–Trinajstić information content (AvgIpc) is 2.05. The predicted molar refractivity (Wildman–Crippen MR) is 59.7 cm³/mol. The average molecular weight is 185 g/mol. The van der Waals surface area contributed by atoms with Gasteiger partial charge in [0.05, 0.1) is 0 Å². The second-order valence-corrected chi connectivity index (χ2v) is 3.20. The molecule has 0 aliphatic heterocycles. The molecule has 0 rings (SSSR count). The van der Waals surface area contributed by atoms with Gasteiger partial charge in [0.2, 0.25) is 0 Å². The summed E-state index contributed by atoms with van der Waals surface area (Å²) in [7, 11) is 1.98. The second kappa shape index (κ2) is 8.88. The van der Waals surface area contributed by atoms with Crippen LogP contribution in [0.3, 0.4) is 0 Å². The predicted octanol–water partition coefficient (Wildman–Crippen LogP) is 2.77. The normalized spacial score (nSPS) is 12.8. The lowest BCUT2D eigenvalue weighted by molar-refractivity contribution is 0.735. The molecule has 12 heavy (non-hydrogen) atoms. The third kappa shape index (κ3) is 7.89. The lowest BCUT2D eigenvalue weighted by atomic mass is 10.3. The summed E-state index contributed by atoms with van der Waals surface area (Å²) in [4.78, 5) is 1.07. The molecule has 0 fully saturated rings. The van der Waals surface area contributed by atoms with Crippen molar-refractivity contribution in [2.24, 2.45) is 0 Å². The molecular weight excluding hydrogens is 166 g/mol. The third-order valence-corrected chi connectivity index (χ3v) is 1.83. The molecule has 70 valence electrons. The van der Waals surface area contributed by atoms with E-state index < -0.39 is 0 Å². The van der Waals surface area contributed by atoms with Crippen LogP contribution in [0.1, 0.15) is 26.2 Å². The largest absolute Gasteiger partial charge is 0.320 e. The van der Waals surface area contributed by atoms with Gasteiger partial charge in [-0.05, 0) is 37.8 Å². The summed E-state index contributed by atoms with van der Waals surface area (Å²) in [6.45, 7) is 3.20. The van der Waals surface area contributed by atoms with Gasteiger partial charge in [0.25, 0.3) is 0 Å². The van der Waals surface area contributed by atoms with E-state index >= 15 is 0 Å². The summed E-state index contributed by atoms with van der Waals surface area (Å²) in [5, 5.41) is 3.11. The summed E-state index contributed by atoms with van der Waals surface area (Å²) in [6.07, 6.45) is 9.73. The molecule has 0 heterocycles. The van der Waals surface area contributed by atoms with Crippen LogP contribution in [0.15, 0.2) is 23.1 Å². The van der Waals surface area contributed by atoms with E-state index in [9.17, 15) is 0 Å². The van der Waals surface area contributed by atoms with Gasteiger partial charge in [0.15, 0.2) is 0 Å². The van der Waals surface area contributed by atoms with E-state index in [0.29, 0.717) is 0 Å². The van der Waals surface area contributed by atoms with Gasteiger partial charge in [0.1, 0.15) is 0 Å². The van der Waals surface area contributed by atoms with Crippen molar-refractivity contribution >= 4 is 12.6 Å². The molecule has 0 bridgehead atoms. The van der Waals surface area contributed by atoms with Crippen molar-refractivity contribution in [3.63, 3.8) is 0 Å². The van der Waals surface area contributed by atoms with Crippen molar-refractivity contribution in [3.8, 4) is 0 Å². The second-order valence-electron chi connectivity index (χ2n) is 2.69. The van der Waals surface area contributed by atoms with Crippen molar-refractivity contribution in [3.05, 3.63) is 23.1 Å². The number of hydrogen-bond acceptors (Lipinski definition) is 2. The number of rotatable bonds is 6. The van der Waals surface area contributed by atoms with Crippen LogP contribution < -0.4 is 5.32 Å². The van der Waals surface area contributed by atoms with Gasteiger partial charge in [-0.1, -0.05) is 25.2 Å². The van der Waals surface area contributed by atoms with Crippen LogP contribution in [0.25, 0.3) is 0 Å². The Morgan fingerprint density at radius 2 is 2.25 bits per heavy atom. The molecule has 0 unspecified atom stereocenters. The number of allylic oxidation sites excluding steroid dienone is 3. The van der Waals surface area contributed by atoms with Crippen molar-refractivity contribution < 1.29 is 0 Å². The molecule has 0 aromatic heterocycles. The highest BCUT2D eigenvalue weighted by Crippen LogP contribution is 2.04. The molecule has 0 aliphatic rings. The van der Waals surface area contributed by atoms with Crippen LogP contribution in [0, 0.1) is 0 Å². The number of nitrogens with one attached hydrogen (secondary N) is 1. The minimum absolute atomic E-state index is 1.06. The molecule has 0 aromatic rings. The summed E-state index contributed by atoms with van der Waals surface area (Å²) >= 11 is 4.29. The third-order valence-electron chi connectivity index (χ3n) is 1.50. The van der Waals surface area contributed by atoms with Crippen molar-refractivity contribution in [1.29, 1.82) is 0 Å². The van der Waals surface area contributed by atoms with Crippen molar-refractivity contribution in [2.45, 2.75) is 26.2 Å². The number of thiol groups is 1. The standard InChI is InChI=1S/C10H19NS/c1-3-7-10(12)8-5-4-6-9-11-2/h5,7-8,11-12H,3-4,6,9H2,1-2H3/b8-5-,10-7+. The molecule has 0 spiro atoms. The fraction of sp³-hybridized carbons (Fsp3) is 0.600. The van der Waals surface area contributed by atoms with Crippen LogP contribution in [-0.2, 0) is 0 Å². The summed E-state index contributed by atoms with van der Waals surface area (Å²) in [5.41, 5.74) is 0.